The lowest BCUT2D eigenvalue weighted by atomic mass is 9.95. The molecule has 0 saturated carbocycles. The van der Waals surface area contributed by atoms with Crippen molar-refractivity contribution in [3.05, 3.63) is 83.8 Å². The lowest BCUT2D eigenvalue weighted by Crippen LogP contribution is -2.31. The summed E-state index contributed by atoms with van der Waals surface area (Å²) in [6.45, 7) is 1.85. The molecular formula is C25H23N5O4. The molecule has 0 spiro atoms. The number of nitrogens with zero attached hydrogens (tertiary/aromatic N) is 3. The van der Waals surface area contributed by atoms with Crippen molar-refractivity contribution < 1.29 is 18.7 Å². The number of furan rings is 1. The molecule has 34 heavy (non-hydrogen) atoms. The zero-order valence-electron chi connectivity index (χ0n) is 18.9. The third kappa shape index (κ3) is 3.77. The predicted molar refractivity (Wildman–Crippen MR) is 127 cm³/mol. The van der Waals surface area contributed by atoms with Gasteiger partial charge in [0.2, 0.25) is 11.8 Å². The molecule has 0 bridgehead atoms. The van der Waals surface area contributed by atoms with E-state index in [0.29, 0.717) is 46.0 Å². The van der Waals surface area contributed by atoms with Crippen LogP contribution in [-0.2, 0) is 4.79 Å². The Morgan fingerprint density at radius 3 is 2.56 bits per heavy atom. The first-order valence-corrected chi connectivity index (χ1v) is 10.7. The Morgan fingerprint density at radius 1 is 1.06 bits per heavy atom. The third-order valence-corrected chi connectivity index (χ3v) is 5.63. The Morgan fingerprint density at radius 2 is 1.85 bits per heavy atom. The number of methoxy groups -OCH3 is 2. The van der Waals surface area contributed by atoms with Crippen LogP contribution in [0.2, 0.25) is 0 Å². The number of fused-ring (bicyclic) bond motifs is 1. The number of allylic oxidation sites excluding steroid dienone is 1. The Hall–Kier alpha value is -4.53. The van der Waals surface area contributed by atoms with E-state index in [4.69, 9.17) is 13.9 Å². The second kappa shape index (κ2) is 8.78. The van der Waals surface area contributed by atoms with Crippen LogP contribution >= 0.6 is 0 Å². The second-order valence-corrected chi connectivity index (χ2v) is 7.67. The number of hydrogen-bond donors (Lipinski definition) is 2. The van der Waals surface area contributed by atoms with Gasteiger partial charge in [0.05, 0.1) is 31.7 Å². The molecule has 2 aromatic carbocycles. The molecule has 0 aliphatic carbocycles. The highest BCUT2D eigenvalue weighted by molar-refractivity contribution is 6.06. The van der Waals surface area contributed by atoms with Gasteiger partial charge in [-0.1, -0.05) is 24.3 Å². The second-order valence-electron chi connectivity index (χ2n) is 7.67. The van der Waals surface area contributed by atoms with Gasteiger partial charge in [0.15, 0.2) is 5.76 Å². The first kappa shape index (κ1) is 21.3. The van der Waals surface area contributed by atoms with Crippen molar-refractivity contribution in [3.8, 4) is 23.1 Å². The van der Waals surface area contributed by atoms with Gasteiger partial charge in [0.1, 0.15) is 17.5 Å². The molecule has 9 nitrogen and oxygen atoms in total. The Balaban J connectivity index is 1.59. The Kier molecular flexibility index (Phi) is 5.51. The number of anilines is 2. The summed E-state index contributed by atoms with van der Waals surface area (Å²) in [4.78, 5) is 18.2. The average molecular weight is 457 g/mol. The summed E-state index contributed by atoms with van der Waals surface area (Å²) >= 11 is 0. The number of para-hydroxylation sites is 2. The zero-order valence-corrected chi connectivity index (χ0v) is 18.9. The fraction of sp³-hybridized carbons (Fsp3) is 0.160. The van der Waals surface area contributed by atoms with E-state index >= 15 is 0 Å². The number of benzene rings is 2. The van der Waals surface area contributed by atoms with Crippen LogP contribution in [0.5, 0.6) is 11.5 Å². The van der Waals surface area contributed by atoms with Gasteiger partial charge >= 0.3 is 0 Å². The van der Waals surface area contributed by atoms with Crippen molar-refractivity contribution in [1.82, 2.24) is 14.8 Å². The quantitative estimate of drug-likeness (QED) is 0.440. The third-order valence-electron chi connectivity index (χ3n) is 5.63. The Labute approximate surface area is 196 Å². The van der Waals surface area contributed by atoms with Crippen LogP contribution in [0.25, 0.3) is 11.6 Å². The SMILES string of the molecule is COc1ccc(C2C(C(=O)Nc3ccccc3OC)=C(C)Nc3nc(-c4ccco4)nn32)cc1. The molecule has 9 heteroatoms. The highest BCUT2D eigenvalue weighted by Gasteiger charge is 2.35. The minimum atomic E-state index is -0.534. The van der Waals surface area contributed by atoms with Gasteiger partial charge < -0.3 is 24.5 Å². The molecular weight excluding hydrogens is 434 g/mol. The molecule has 0 fully saturated rings. The largest absolute Gasteiger partial charge is 0.497 e. The number of ether oxygens (including phenoxy) is 2. The van der Waals surface area contributed by atoms with Gasteiger partial charge in [0.25, 0.3) is 5.91 Å². The standard InChI is InChI=1S/C25H23N5O4/c1-15-21(24(31)27-18-7-4-5-8-19(18)33-3)22(16-10-12-17(32-2)13-11-16)30-25(26-15)28-23(29-30)20-9-6-14-34-20/h4-14,22H,1-3H3,(H,27,31)(H,26,28,29). The maximum absolute atomic E-state index is 13.6. The zero-order chi connectivity index (χ0) is 23.7. The van der Waals surface area contributed by atoms with Crippen LogP contribution in [0.3, 0.4) is 0 Å². The van der Waals surface area contributed by atoms with Crippen molar-refractivity contribution in [2.24, 2.45) is 0 Å². The highest BCUT2D eigenvalue weighted by Crippen LogP contribution is 2.38. The van der Waals surface area contributed by atoms with E-state index in [1.807, 2.05) is 43.3 Å². The molecule has 1 atom stereocenters. The summed E-state index contributed by atoms with van der Waals surface area (Å²) < 4.78 is 17.9. The van der Waals surface area contributed by atoms with Crippen LogP contribution in [0.4, 0.5) is 11.6 Å². The van der Waals surface area contributed by atoms with Crippen molar-refractivity contribution >= 4 is 17.5 Å². The summed E-state index contributed by atoms with van der Waals surface area (Å²) in [5.41, 5.74) is 2.59. The lowest BCUT2D eigenvalue weighted by Gasteiger charge is -2.29. The monoisotopic (exact) mass is 457 g/mol. The summed E-state index contributed by atoms with van der Waals surface area (Å²) in [5.74, 6) is 2.48. The summed E-state index contributed by atoms with van der Waals surface area (Å²) in [7, 11) is 3.18. The van der Waals surface area contributed by atoms with E-state index in [-0.39, 0.29) is 5.91 Å². The minimum Gasteiger partial charge on any atom is -0.497 e. The summed E-state index contributed by atoms with van der Waals surface area (Å²) in [6, 6.07) is 17.8. The first-order valence-electron chi connectivity index (χ1n) is 10.7. The molecule has 4 aromatic rings. The van der Waals surface area contributed by atoms with Crippen molar-refractivity contribution in [1.29, 1.82) is 0 Å². The molecule has 3 heterocycles. The van der Waals surface area contributed by atoms with Gasteiger partial charge in [-0.2, -0.15) is 4.98 Å². The number of rotatable bonds is 6. The van der Waals surface area contributed by atoms with Crippen LogP contribution in [0.1, 0.15) is 18.5 Å². The molecule has 0 saturated heterocycles. The van der Waals surface area contributed by atoms with E-state index in [1.54, 1.807) is 49.4 Å². The minimum absolute atomic E-state index is 0.281. The fourth-order valence-electron chi connectivity index (χ4n) is 3.99. The van der Waals surface area contributed by atoms with E-state index < -0.39 is 6.04 Å². The normalized spacial score (nSPS) is 14.9. The number of aromatic nitrogens is 3. The molecule has 172 valence electrons. The molecule has 1 aliphatic heterocycles. The maximum atomic E-state index is 13.6. The highest BCUT2D eigenvalue weighted by atomic mass is 16.5. The molecule has 1 unspecified atom stereocenters. The van der Waals surface area contributed by atoms with Gasteiger partial charge in [0, 0.05) is 5.70 Å². The molecule has 1 amide bonds. The number of amides is 1. The van der Waals surface area contributed by atoms with Gasteiger partial charge in [-0.05, 0) is 48.9 Å². The van der Waals surface area contributed by atoms with Crippen molar-refractivity contribution in [2.45, 2.75) is 13.0 Å². The van der Waals surface area contributed by atoms with Gasteiger partial charge in [-0.15, -0.1) is 5.10 Å². The van der Waals surface area contributed by atoms with Crippen LogP contribution in [-0.4, -0.2) is 34.9 Å². The van der Waals surface area contributed by atoms with Crippen LogP contribution < -0.4 is 20.1 Å². The maximum Gasteiger partial charge on any atom is 0.255 e. The molecule has 1 aliphatic rings. The molecule has 2 aromatic heterocycles. The fourth-order valence-corrected chi connectivity index (χ4v) is 3.99. The topological polar surface area (TPSA) is 103 Å². The number of hydrogen-bond acceptors (Lipinski definition) is 7. The van der Waals surface area contributed by atoms with Crippen LogP contribution in [0.15, 0.2) is 82.6 Å². The molecule has 0 radical (unpaired) electrons. The summed E-state index contributed by atoms with van der Waals surface area (Å²) in [5, 5.41) is 10.9. The van der Waals surface area contributed by atoms with Crippen molar-refractivity contribution in [3.63, 3.8) is 0 Å². The van der Waals surface area contributed by atoms with Crippen molar-refractivity contribution in [2.75, 3.05) is 24.9 Å². The first-order chi connectivity index (χ1) is 16.6. The van der Waals surface area contributed by atoms with E-state index in [2.05, 4.69) is 20.7 Å². The predicted octanol–water partition coefficient (Wildman–Crippen LogP) is 4.48. The lowest BCUT2D eigenvalue weighted by molar-refractivity contribution is -0.113. The van der Waals surface area contributed by atoms with E-state index in [9.17, 15) is 4.79 Å². The van der Waals surface area contributed by atoms with Gasteiger partial charge in [-0.3, -0.25) is 4.79 Å². The Bertz CT molecular complexity index is 1360. The number of carbonyl (C=O) groups excluding carboxylic acids is 1. The summed E-state index contributed by atoms with van der Waals surface area (Å²) in [6.07, 6.45) is 1.57. The van der Waals surface area contributed by atoms with E-state index in [0.717, 1.165) is 5.56 Å². The van der Waals surface area contributed by atoms with Gasteiger partial charge in [-0.25, -0.2) is 4.68 Å². The van der Waals surface area contributed by atoms with Crippen LogP contribution in [0, 0.1) is 0 Å². The molecule has 5 rings (SSSR count). The average Bonchev–Trinajstić information content (AvgIpc) is 3.53. The smallest absolute Gasteiger partial charge is 0.255 e. The number of carbonyl (C=O) groups is 1. The number of nitrogens with one attached hydrogen (secondary N) is 2. The molecule has 2 N–H and O–H groups in total. The van der Waals surface area contributed by atoms with E-state index in [1.165, 1.54) is 0 Å².